The van der Waals surface area contributed by atoms with E-state index in [0.717, 1.165) is 11.8 Å². The SMILES string of the molecule is C[C@@H](C=O)[C@H](C[N+](=O)[O-])c1cccc(Cl)c1. The lowest BCUT2D eigenvalue weighted by Gasteiger charge is -2.16. The largest absolute Gasteiger partial charge is 0.303 e. The highest BCUT2D eigenvalue weighted by molar-refractivity contribution is 6.30. The highest BCUT2D eigenvalue weighted by Crippen LogP contribution is 2.25. The molecule has 5 heteroatoms. The van der Waals surface area contributed by atoms with Gasteiger partial charge in [-0.1, -0.05) is 30.7 Å². The molecule has 1 aromatic rings. The molecule has 0 aliphatic heterocycles. The Morgan fingerprint density at radius 1 is 1.56 bits per heavy atom. The summed E-state index contributed by atoms with van der Waals surface area (Å²) in [5, 5.41) is 11.1. The molecule has 2 atom stereocenters. The Balaban J connectivity index is 3.00. The molecule has 0 spiro atoms. The fraction of sp³-hybridized carbons (Fsp3) is 0.364. The Morgan fingerprint density at radius 3 is 2.75 bits per heavy atom. The summed E-state index contributed by atoms with van der Waals surface area (Å²) in [6.45, 7) is 1.41. The lowest BCUT2D eigenvalue weighted by Crippen LogP contribution is -2.20. The third kappa shape index (κ3) is 3.31. The minimum Gasteiger partial charge on any atom is -0.303 e. The molecular weight excluding hydrogens is 230 g/mol. The molecule has 4 nitrogen and oxygen atoms in total. The van der Waals surface area contributed by atoms with Crippen molar-refractivity contribution in [2.24, 2.45) is 5.92 Å². The maximum absolute atomic E-state index is 10.7. The Kier molecular flexibility index (Phi) is 4.43. The van der Waals surface area contributed by atoms with Crippen molar-refractivity contribution in [3.63, 3.8) is 0 Å². The third-order valence-electron chi connectivity index (χ3n) is 2.47. The number of nitro groups is 1. The summed E-state index contributed by atoms with van der Waals surface area (Å²) in [5.41, 5.74) is 0.726. The molecule has 0 bridgehead atoms. The molecule has 0 heterocycles. The van der Waals surface area contributed by atoms with Gasteiger partial charge in [-0.25, -0.2) is 0 Å². The minimum atomic E-state index is -0.425. The summed E-state index contributed by atoms with van der Waals surface area (Å²) in [6.07, 6.45) is 0.731. The maximum atomic E-state index is 10.7. The van der Waals surface area contributed by atoms with Crippen LogP contribution in [0, 0.1) is 16.0 Å². The number of hydrogen-bond acceptors (Lipinski definition) is 3. The van der Waals surface area contributed by atoms with Crippen LogP contribution in [0.2, 0.25) is 5.02 Å². The van der Waals surface area contributed by atoms with E-state index in [2.05, 4.69) is 0 Å². The van der Waals surface area contributed by atoms with Crippen LogP contribution < -0.4 is 0 Å². The first kappa shape index (κ1) is 12.6. The standard InChI is InChI=1S/C11H12ClNO3/c1-8(7-14)11(6-13(15)16)9-3-2-4-10(12)5-9/h2-5,7-8,11H,6H2,1H3/t8-,11-/m0/s1. The predicted molar refractivity (Wildman–Crippen MR) is 61.3 cm³/mol. The van der Waals surface area contributed by atoms with Gasteiger partial charge in [0.2, 0.25) is 6.54 Å². The summed E-state index contributed by atoms with van der Waals surface area (Å²) < 4.78 is 0. The molecule has 16 heavy (non-hydrogen) atoms. The number of aldehydes is 1. The lowest BCUT2D eigenvalue weighted by atomic mass is 9.88. The number of nitrogens with zero attached hydrogens (tertiary/aromatic N) is 1. The molecule has 0 fully saturated rings. The van der Waals surface area contributed by atoms with E-state index in [1.54, 1.807) is 31.2 Å². The van der Waals surface area contributed by atoms with Crippen LogP contribution in [0.5, 0.6) is 0 Å². The van der Waals surface area contributed by atoms with Crippen LogP contribution in [0.3, 0.4) is 0 Å². The van der Waals surface area contributed by atoms with Crippen LogP contribution in [-0.2, 0) is 4.79 Å². The van der Waals surface area contributed by atoms with Gasteiger partial charge in [-0.2, -0.15) is 0 Å². The second-order valence-corrected chi connectivity index (χ2v) is 4.11. The summed E-state index contributed by atoms with van der Waals surface area (Å²) in [7, 11) is 0. The average molecular weight is 242 g/mol. The molecule has 0 saturated heterocycles. The molecule has 0 aliphatic carbocycles. The molecule has 0 N–H and O–H groups in total. The number of hydrogen-bond donors (Lipinski definition) is 0. The van der Waals surface area contributed by atoms with E-state index in [1.165, 1.54) is 0 Å². The highest BCUT2D eigenvalue weighted by Gasteiger charge is 2.24. The normalized spacial score (nSPS) is 14.1. The summed E-state index contributed by atoms with van der Waals surface area (Å²) in [5.74, 6) is -0.824. The van der Waals surface area contributed by atoms with Crippen molar-refractivity contribution in [2.45, 2.75) is 12.8 Å². The van der Waals surface area contributed by atoms with Crippen molar-refractivity contribution < 1.29 is 9.72 Å². The van der Waals surface area contributed by atoms with Gasteiger partial charge >= 0.3 is 0 Å². The van der Waals surface area contributed by atoms with Gasteiger partial charge in [-0.3, -0.25) is 10.1 Å². The van der Waals surface area contributed by atoms with E-state index in [0.29, 0.717) is 5.02 Å². The van der Waals surface area contributed by atoms with E-state index < -0.39 is 16.8 Å². The van der Waals surface area contributed by atoms with Gasteiger partial charge in [-0.15, -0.1) is 0 Å². The topological polar surface area (TPSA) is 60.2 Å². The van der Waals surface area contributed by atoms with E-state index in [1.807, 2.05) is 0 Å². The van der Waals surface area contributed by atoms with Gasteiger partial charge in [0.1, 0.15) is 6.29 Å². The molecular formula is C11H12ClNO3. The second-order valence-electron chi connectivity index (χ2n) is 3.67. The molecule has 0 unspecified atom stereocenters. The van der Waals surface area contributed by atoms with Crippen LogP contribution >= 0.6 is 11.6 Å². The fourth-order valence-corrected chi connectivity index (χ4v) is 1.77. The molecule has 0 radical (unpaired) electrons. The number of halogens is 1. The van der Waals surface area contributed by atoms with Gasteiger partial charge in [0.05, 0.1) is 5.92 Å². The van der Waals surface area contributed by atoms with Gasteiger partial charge in [0.25, 0.3) is 0 Å². The van der Waals surface area contributed by atoms with E-state index in [-0.39, 0.29) is 6.54 Å². The molecule has 86 valence electrons. The molecule has 1 aromatic carbocycles. The highest BCUT2D eigenvalue weighted by atomic mass is 35.5. The van der Waals surface area contributed by atoms with E-state index in [4.69, 9.17) is 11.6 Å². The fourth-order valence-electron chi connectivity index (χ4n) is 1.57. The Morgan fingerprint density at radius 2 is 2.25 bits per heavy atom. The second kappa shape index (κ2) is 5.61. The van der Waals surface area contributed by atoms with Crippen molar-refractivity contribution in [3.8, 4) is 0 Å². The Bertz CT molecular complexity index is 395. The van der Waals surface area contributed by atoms with E-state index in [9.17, 15) is 14.9 Å². The Labute approximate surface area is 98.4 Å². The zero-order chi connectivity index (χ0) is 12.1. The van der Waals surface area contributed by atoms with Crippen LogP contribution in [0.25, 0.3) is 0 Å². The zero-order valence-corrected chi connectivity index (χ0v) is 9.55. The lowest BCUT2D eigenvalue weighted by molar-refractivity contribution is -0.484. The molecule has 0 amide bonds. The van der Waals surface area contributed by atoms with Crippen molar-refractivity contribution in [2.75, 3.05) is 6.54 Å². The number of rotatable bonds is 5. The quantitative estimate of drug-likeness (QED) is 0.452. The van der Waals surface area contributed by atoms with Crippen LogP contribution in [-0.4, -0.2) is 17.8 Å². The molecule has 0 aliphatic rings. The van der Waals surface area contributed by atoms with Crippen LogP contribution in [0.15, 0.2) is 24.3 Å². The van der Waals surface area contributed by atoms with Crippen molar-refractivity contribution >= 4 is 17.9 Å². The van der Waals surface area contributed by atoms with Crippen LogP contribution in [0.1, 0.15) is 18.4 Å². The minimum absolute atomic E-state index is 0.264. The first-order valence-corrected chi connectivity index (χ1v) is 5.25. The van der Waals surface area contributed by atoms with Gasteiger partial charge in [0.15, 0.2) is 0 Å². The Hall–Kier alpha value is -1.42. The molecule has 0 saturated carbocycles. The van der Waals surface area contributed by atoms with Gasteiger partial charge < -0.3 is 4.79 Å². The van der Waals surface area contributed by atoms with Crippen molar-refractivity contribution in [1.29, 1.82) is 0 Å². The molecule has 0 aromatic heterocycles. The smallest absolute Gasteiger partial charge is 0.211 e. The van der Waals surface area contributed by atoms with Gasteiger partial charge in [0, 0.05) is 15.9 Å². The first-order chi connectivity index (χ1) is 7.54. The number of carbonyl (C=O) groups is 1. The monoisotopic (exact) mass is 241 g/mol. The molecule has 1 rings (SSSR count). The van der Waals surface area contributed by atoms with Crippen molar-refractivity contribution in [3.05, 3.63) is 45.0 Å². The predicted octanol–water partition coefficient (Wildman–Crippen LogP) is 2.54. The average Bonchev–Trinajstić information content (AvgIpc) is 2.24. The number of carbonyl (C=O) groups excluding carboxylic acids is 1. The number of benzene rings is 1. The van der Waals surface area contributed by atoms with Crippen molar-refractivity contribution in [1.82, 2.24) is 0 Å². The van der Waals surface area contributed by atoms with Crippen LogP contribution in [0.4, 0.5) is 0 Å². The van der Waals surface area contributed by atoms with E-state index >= 15 is 0 Å². The third-order valence-corrected chi connectivity index (χ3v) is 2.71. The maximum Gasteiger partial charge on any atom is 0.211 e. The first-order valence-electron chi connectivity index (χ1n) is 4.87. The summed E-state index contributed by atoms with van der Waals surface area (Å²) >= 11 is 5.82. The zero-order valence-electron chi connectivity index (χ0n) is 8.80. The summed E-state index contributed by atoms with van der Waals surface area (Å²) in [4.78, 5) is 20.9. The van der Waals surface area contributed by atoms with Gasteiger partial charge in [-0.05, 0) is 17.7 Å². The summed E-state index contributed by atoms with van der Waals surface area (Å²) in [6, 6.07) is 6.83.